The monoisotopic (exact) mass is 175 g/mol. The zero-order valence-electron chi connectivity index (χ0n) is 9.26. The van der Waals surface area contributed by atoms with E-state index in [1.165, 1.54) is 5.56 Å². The van der Waals surface area contributed by atoms with Crippen LogP contribution in [0.1, 0.15) is 44.9 Å². The molecule has 1 aromatic rings. The summed E-state index contributed by atoms with van der Waals surface area (Å²) in [7, 11) is 5.60. The SMILES string of the molecule is CC.[B]c1cnc(C)c(C(C)C)c1. The molecule has 0 aliphatic heterocycles. The quantitative estimate of drug-likeness (QED) is 0.597. The molecule has 1 heterocycles. The number of aryl methyl sites for hydroxylation is 1. The van der Waals surface area contributed by atoms with E-state index in [0.29, 0.717) is 5.92 Å². The number of nitrogens with zero attached hydrogens (tertiary/aromatic N) is 1. The average molecular weight is 175 g/mol. The molecule has 0 saturated carbocycles. The highest BCUT2D eigenvalue weighted by atomic mass is 14.7. The number of rotatable bonds is 1. The molecule has 0 unspecified atom stereocenters. The van der Waals surface area contributed by atoms with Crippen LogP contribution in [0.2, 0.25) is 0 Å². The first-order chi connectivity index (χ1) is 6.11. The standard InChI is InChI=1S/C9H12BN.C2H6/c1-6(2)9-4-8(10)5-11-7(9)3;1-2/h4-6H,1-3H3;1-2H3. The van der Waals surface area contributed by atoms with Crippen molar-refractivity contribution in [3.8, 4) is 0 Å². The van der Waals surface area contributed by atoms with Gasteiger partial charge in [-0.15, -0.1) is 0 Å². The van der Waals surface area contributed by atoms with Crippen LogP contribution in [0.5, 0.6) is 0 Å². The molecule has 0 aliphatic carbocycles. The van der Waals surface area contributed by atoms with E-state index in [2.05, 4.69) is 18.8 Å². The second-order valence-electron chi connectivity index (χ2n) is 3.10. The lowest BCUT2D eigenvalue weighted by Gasteiger charge is -2.08. The van der Waals surface area contributed by atoms with Crippen LogP contribution in [0, 0.1) is 6.92 Å². The Morgan fingerprint density at radius 1 is 1.31 bits per heavy atom. The number of pyridine rings is 1. The molecule has 2 heteroatoms. The van der Waals surface area contributed by atoms with Crippen LogP contribution in [0.4, 0.5) is 0 Å². The van der Waals surface area contributed by atoms with Crippen molar-refractivity contribution < 1.29 is 0 Å². The lowest BCUT2D eigenvalue weighted by molar-refractivity contribution is 0.845. The van der Waals surface area contributed by atoms with Gasteiger partial charge in [-0.05, 0) is 18.4 Å². The van der Waals surface area contributed by atoms with Gasteiger partial charge in [0.2, 0.25) is 0 Å². The summed E-state index contributed by atoms with van der Waals surface area (Å²) < 4.78 is 0. The Labute approximate surface area is 83.0 Å². The zero-order valence-corrected chi connectivity index (χ0v) is 9.26. The third-order valence-corrected chi connectivity index (χ3v) is 1.77. The van der Waals surface area contributed by atoms with Gasteiger partial charge in [-0.25, -0.2) is 0 Å². The van der Waals surface area contributed by atoms with Crippen LogP contribution in [0.25, 0.3) is 0 Å². The molecule has 0 saturated heterocycles. The third-order valence-electron chi connectivity index (χ3n) is 1.77. The van der Waals surface area contributed by atoms with Gasteiger partial charge in [0.1, 0.15) is 7.85 Å². The summed E-state index contributed by atoms with van der Waals surface area (Å²) in [5.41, 5.74) is 3.07. The van der Waals surface area contributed by atoms with E-state index in [1.807, 2.05) is 26.8 Å². The summed E-state index contributed by atoms with van der Waals surface area (Å²) in [4.78, 5) is 4.17. The first-order valence-corrected chi connectivity index (χ1v) is 4.83. The summed E-state index contributed by atoms with van der Waals surface area (Å²) in [6.07, 6.45) is 1.70. The fourth-order valence-electron chi connectivity index (χ4n) is 1.15. The molecule has 13 heavy (non-hydrogen) atoms. The summed E-state index contributed by atoms with van der Waals surface area (Å²) in [6.45, 7) is 10.3. The minimum absolute atomic E-state index is 0.506. The normalized spacial score (nSPS) is 9.38. The molecule has 0 fully saturated rings. The van der Waals surface area contributed by atoms with Crippen molar-refractivity contribution >= 4 is 13.3 Å². The van der Waals surface area contributed by atoms with E-state index < -0.39 is 0 Å². The van der Waals surface area contributed by atoms with Gasteiger partial charge in [0.05, 0.1) is 0 Å². The molecule has 1 aromatic heterocycles. The smallest absolute Gasteiger partial charge is 0.115 e. The summed E-state index contributed by atoms with van der Waals surface area (Å²) in [6, 6.07) is 1.99. The summed E-state index contributed by atoms with van der Waals surface area (Å²) in [5.74, 6) is 0.506. The van der Waals surface area contributed by atoms with Crippen LogP contribution in [-0.2, 0) is 0 Å². The molecule has 0 atom stereocenters. The van der Waals surface area contributed by atoms with Gasteiger partial charge >= 0.3 is 0 Å². The molecule has 70 valence electrons. The van der Waals surface area contributed by atoms with Crippen molar-refractivity contribution in [2.45, 2.75) is 40.5 Å². The molecular formula is C11H18BN. The molecule has 0 aliphatic rings. The van der Waals surface area contributed by atoms with Crippen LogP contribution < -0.4 is 5.46 Å². The average Bonchev–Trinajstić information content (AvgIpc) is 2.12. The molecular weight excluding hydrogens is 157 g/mol. The van der Waals surface area contributed by atoms with Crippen molar-refractivity contribution in [3.05, 3.63) is 23.5 Å². The van der Waals surface area contributed by atoms with Gasteiger partial charge in [-0.2, -0.15) is 0 Å². The van der Waals surface area contributed by atoms with Gasteiger partial charge in [-0.3, -0.25) is 4.98 Å². The Morgan fingerprint density at radius 3 is 2.23 bits per heavy atom. The van der Waals surface area contributed by atoms with Crippen LogP contribution in [0.3, 0.4) is 0 Å². The zero-order chi connectivity index (χ0) is 10.4. The highest BCUT2D eigenvalue weighted by Gasteiger charge is 2.02. The predicted molar refractivity (Wildman–Crippen MR) is 59.8 cm³/mol. The van der Waals surface area contributed by atoms with E-state index in [1.54, 1.807) is 6.20 Å². The molecule has 1 nitrogen and oxygen atoms in total. The van der Waals surface area contributed by atoms with E-state index >= 15 is 0 Å². The largest absolute Gasteiger partial charge is 0.262 e. The van der Waals surface area contributed by atoms with Crippen molar-refractivity contribution in [2.24, 2.45) is 0 Å². The van der Waals surface area contributed by atoms with Crippen LogP contribution >= 0.6 is 0 Å². The fourth-order valence-corrected chi connectivity index (χ4v) is 1.15. The maximum atomic E-state index is 5.60. The highest BCUT2D eigenvalue weighted by Crippen LogP contribution is 2.14. The van der Waals surface area contributed by atoms with Crippen LogP contribution in [0.15, 0.2) is 12.3 Å². The Hall–Kier alpha value is -0.785. The van der Waals surface area contributed by atoms with Crippen molar-refractivity contribution in [3.63, 3.8) is 0 Å². The molecule has 0 spiro atoms. The minimum atomic E-state index is 0.506. The number of aromatic nitrogens is 1. The van der Waals surface area contributed by atoms with Gasteiger partial charge in [0, 0.05) is 11.9 Å². The number of hydrogen-bond acceptors (Lipinski definition) is 1. The number of hydrogen-bond donors (Lipinski definition) is 0. The molecule has 0 bridgehead atoms. The van der Waals surface area contributed by atoms with E-state index in [9.17, 15) is 0 Å². The second kappa shape index (κ2) is 5.79. The van der Waals surface area contributed by atoms with Crippen LogP contribution in [-0.4, -0.2) is 12.8 Å². The summed E-state index contributed by atoms with van der Waals surface area (Å²) >= 11 is 0. The topological polar surface area (TPSA) is 12.9 Å². The maximum Gasteiger partial charge on any atom is 0.115 e. The van der Waals surface area contributed by atoms with Crippen molar-refractivity contribution in [1.82, 2.24) is 4.98 Å². The maximum absolute atomic E-state index is 5.60. The highest BCUT2D eigenvalue weighted by molar-refractivity contribution is 6.32. The van der Waals surface area contributed by atoms with Gasteiger partial charge < -0.3 is 0 Å². The lowest BCUT2D eigenvalue weighted by Crippen LogP contribution is -2.07. The third kappa shape index (κ3) is 3.62. The van der Waals surface area contributed by atoms with Gasteiger partial charge in [0.15, 0.2) is 0 Å². The first-order valence-electron chi connectivity index (χ1n) is 4.83. The van der Waals surface area contributed by atoms with E-state index in [4.69, 9.17) is 7.85 Å². The first kappa shape index (κ1) is 12.2. The molecule has 0 amide bonds. The fraction of sp³-hybridized carbons (Fsp3) is 0.545. The van der Waals surface area contributed by atoms with Gasteiger partial charge in [-0.1, -0.05) is 39.2 Å². The Kier molecular flexibility index (Phi) is 5.44. The van der Waals surface area contributed by atoms with Gasteiger partial charge in [0.25, 0.3) is 0 Å². The predicted octanol–water partition coefficient (Wildman–Crippen LogP) is 2.33. The molecule has 1 rings (SSSR count). The Morgan fingerprint density at radius 2 is 1.85 bits per heavy atom. The minimum Gasteiger partial charge on any atom is -0.262 e. The lowest BCUT2D eigenvalue weighted by atomic mass is 9.92. The molecule has 0 aromatic carbocycles. The molecule has 2 radical (unpaired) electrons. The van der Waals surface area contributed by atoms with E-state index in [0.717, 1.165) is 11.2 Å². The molecule has 0 N–H and O–H groups in total. The summed E-state index contributed by atoms with van der Waals surface area (Å²) in [5, 5.41) is 0. The second-order valence-corrected chi connectivity index (χ2v) is 3.10. The Bertz CT molecular complexity index is 256. The Balaban J connectivity index is 0.000000671. The van der Waals surface area contributed by atoms with Crippen molar-refractivity contribution in [1.29, 1.82) is 0 Å². The van der Waals surface area contributed by atoms with E-state index in [-0.39, 0.29) is 0 Å². The van der Waals surface area contributed by atoms with Crippen molar-refractivity contribution in [2.75, 3.05) is 0 Å².